The van der Waals surface area contributed by atoms with Crippen LogP contribution in [0.2, 0.25) is 0 Å². The molecule has 4 heteroatoms. The van der Waals surface area contributed by atoms with Crippen LogP contribution in [0.4, 0.5) is 11.6 Å². The summed E-state index contributed by atoms with van der Waals surface area (Å²) in [5.74, 6) is 1.41. The SMILES string of the molecule is c1ccc(Nc2nc3ccc(C4CCCNC4)cc3[nH]2)cc1. The molecule has 2 aromatic carbocycles. The van der Waals surface area contributed by atoms with Gasteiger partial charge in [0.1, 0.15) is 0 Å². The van der Waals surface area contributed by atoms with Crippen molar-refractivity contribution in [2.45, 2.75) is 18.8 Å². The summed E-state index contributed by atoms with van der Waals surface area (Å²) < 4.78 is 0. The number of benzene rings is 2. The molecule has 2 heterocycles. The van der Waals surface area contributed by atoms with Gasteiger partial charge in [-0.1, -0.05) is 24.3 Å². The number of fused-ring (bicyclic) bond motifs is 1. The van der Waals surface area contributed by atoms with E-state index in [9.17, 15) is 0 Å². The summed E-state index contributed by atoms with van der Waals surface area (Å²) in [5.41, 5.74) is 4.54. The van der Waals surface area contributed by atoms with Gasteiger partial charge in [-0.15, -0.1) is 0 Å². The Morgan fingerprint density at radius 2 is 2.00 bits per heavy atom. The van der Waals surface area contributed by atoms with Gasteiger partial charge in [0.2, 0.25) is 5.95 Å². The number of hydrogen-bond donors (Lipinski definition) is 3. The van der Waals surface area contributed by atoms with E-state index in [1.807, 2.05) is 30.3 Å². The fraction of sp³-hybridized carbons (Fsp3) is 0.278. The number of imidazole rings is 1. The van der Waals surface area contributed by atoms with Crippen LogP contribution in [-0.4, -0.2) is 23.1 Å². The third kappa shape index (κ3) is 2.70. The molecule has 3 aromatic rings. The lowest BCUT2D eigenvalue weighted by atomic mass is 9.91. The number of nitrogens with one attached hydrogen (secondary N) is 3. The number of aromatic amines is 1. The second kappa shape index (κ2) is 5.81. The first-order valence-corrected chi connectivity index (χ1v) is 7.91. The molecule has 1 aromatic heterocycles. The summed E-state index contributed by atoms with van der Waals surface area (Å²) in [5, 5.41) is 6.79. The van der Waals surface area contributed by atoms with E-state index in [4.69, 9.17) is 0 Å². The minimum Gasteiger partial charge on any atom is -0.326 e. The molecule has 1 fully saturated rings. The van der Waals surface area contributed by atoms with Crippen molar-refractivity contribution in [1.82, 2.24) is 15.3 Å². The standard InChI is InChI=1S/C18H20N4/c1-2-6-15(7-3-1)20-18-21-16-9-8-13(11-17(16)22-18)14-5-4-10-19-12-14/h1-3,6-9,11,14,19H,4-5,10,12H2,(H2,20,21,22). The Kier molecular flexibility index (Phi) is 3.52. The minimum absolute atomic E-state index is 0.618. The lowest BCUT2D eigenvalue weighted by Crippen LogP contribution is -2.28. The van der Waals surface area contributed by atoms with Crippen molar-refractivity contribution in [2.24, 2.45) is 0 Å². The quantitative estimate of drug-likeness (QED) is 0.688. The average Bonchev–Trinajstić information content (AvgIpc) is 2.98. The first-order valence-electron chi connectivity index (χ1n) is 7.91. The Hall–Kier alpha value is -2.33. The summed E-state index contributed by atoms with van der Waals surface area (Å²) >= 11 is 0. The molecule has 0 spiro atoms. The maximum Gasteiger partial charge on any atom is 0.205 e. The van der Waals surface area contributed by atoms with Gasteiger partial charge in [0, 0.05) is 12.2 Å². The fourth-order valence-electron chi connectivity index (χ4n) is 3.13. The highest BCUT2D eigenvalue weighted by Crippen LogP contribution is 2.26. The number of para-hydroxylation sites is 1. The summed E-state index contributed by atoms with van der Waals surface area (Å²) in [7, 11) is 0. The Morgan fingerprint density at radius 3 is 2.82 bits per heavy atom. The summed E-state index contributed by atoms with van der Waals surface area (Å²) in [6.45, 7) is 2.22. The molecule has 0 amide bonds. The monoisotopic (exact) mass is 292 g/mol. The van der Waals surface area contributed by atoms with Gasteiger partial charge in [-0.3, -0.25) is 0 Å². The molecular formula is C18H20N4. The number of aromatic nitrogens is 2. The van der Waals surface area contributed by atoms with E-state index >= 15 is 0 Å². The number of piperidine rings is 1. The first-order chi connectivity index (χ1) is 10.9. The van der Waals surface area contributed by atoms with Crippen LogP contribution in [0.5, 0.6) is 0 Å². The molecule has 22 heavy (non-hydrogen) atoms. The molecule has 0 aliphatic carbocycles. The number of anilines is 2. The molecule has 1 aliphatic rings. The highest BCUT2D eigenvalue weighted by molar-refractivity contribution is 5.79. The first kappa shape index (κ1) is 13.3. The molecule has 0 bridgehead atoms. The fourth-order valence-corrected chi connectivity index (χ4v) is 3.13. The van der Waals surface area contributed by atoms with Crippen LogP contribution in [0.3, 0.4) is 0 Å². The van der Waals surface area contributed by atoms with E-state index in [1.54, 1.807) is 0 Å². The van der Waals surface area contributed by atoms with E-state index in [0.717, 1.165) is 35.8 Å². The van der Waals surface area contributed by atoms with Crippen LogP contribution in [0.25, 0.3) is 11.0 Å². The number of hydrogen-bond acceptors (Lipinski definition) is 3. The summed E-state index contributed by atoms with van der Waals surface area (Å²) in [6.07, 6.45) is 2.52. The molecular weight excluding hydrogens is 272 g/mol. The van der Waals surface area contributed by atoms with Crippen molar-refractivity contribution in [3.05, 3.63) is 54.1 Å². The number of rotatable bonds is 3. The lowest BCUT2D eigenvalue weighted by Gasteiger charge is -2.22. The van der Waals surface area contributed by atoms with E-state index in [2.05, 4.69) is 38.8 Å². The zero-order valence-corrected chi connectivity index (χ0v) is 12.5. The molecule has 112 valence electrons. The maximum absolute atomic E-state index is 4.61. The van der Waals surface area contributed by atoms with Crippen LogP contribution < -0.4 is 10.6 Å². The molecule has 3 N–H and O–H groups in total. The van der Waals surface area contributed by atoms with Crippen LogP contribution in [0, 0.1) is 0 Å². The molecule has 1 atom stereocenters. The summed E-state index contributed by atoms with van der Waals surface area (Å²) in [4.78, 5) is 7.99. The normalized spacial score (nSPS) is 18.5. The van der Waals surface area contributed by atoms with E-state index in [1.165, 1.54) is 18.4 Å². The Bertz CT molecular complexity index is 757. The van der Waals surface area contributed by atoms with Crippen molar-refractivity contribution < 1.29 is 0 Å². The topological polar surface area (TPSA) is 52.7 Å². The van der Waals surface area contributed by atoms with Gasteiger partial charge in [-0.05, 0) is 55.1 Å². The third-order valence-corrected chi connectivity index (χ3v) is 4.31. The number of nitrogens with zero attached hydrogens (tertiary/aromatic N) is 1. The predicted molar refractivity (Wildman–Crippen MR) is 90.7 cm³/mol. The van der Waals surface area contributed by atoms with E-state index in [0.29, 0.717) is 5.92 Å². The second-order valence-electron chi connectivity index (χ2n) is 5.90. The minimum atomic E-state index is 0.618. The smallest absolute Gasteiger partial charge is 0.205 e. The molecule has 1 saturated heterocycles. The predicted octanol–water partition coefficient (Wildman–Crippen LogP) is 3.77. The van der Waals surface area contributed by atoms with Crippen molar-refractivity contribution >= 4 is 22.7 Å². The van der Waals surface area contributed by atoms with Crippen molar-refractivity contribution in [2.75, 3.05) is 18.4 Å². The molecule has 4 rings (SSSR count). The van der Waals surface area contributed by atoms with Crippen LogP contribution >= 0.6 is 0 Å². The largest absolute Gasteiger partial charge is 0.326 e. The van der Waals surface area contributed by atoms with Crippen molar-refractivity contribution in [1.29, 1.82) is 0 Å². The average molecular weight is 292 g/mol. The molecule has 4 nitrogen and oxygen atoms in total. The zero-order valence-electron chi connectivity index (χ0n) is 12.5. The highest BCUT2D eigenvalue weighted by Gasteiger charge is 2.16. The molecule has 0 radical (unpaired) electrons. The van der Waals surface area contributed by atoms with Gasteiger partial charge in [0.25, 0.3) is 0 Å². The number of H-pyrrole nitrogens is 1. The van der Waals surface area contributed by atoms with Gasteiger partial charge in [0.05, 0.1) is 11.0 Å². The van der Waals surface area contributed by atoms with Gasteiger partial charge in [-0.25, -0.2) is 4.98 Å². The second-order valence-corrected chi connectivity index (χ2v) is 5.90. The van der Waals surface area contributed by atoms with Crippen molar-refractivity contribution in [3.63, 3.8) is 0 Å². The highest BCUT2D eigenvalue weighted by atomic mass is 15.1. The lowest BCUT2D eigenvalue weighted by molar-refractivity contribution is 0.462. The Morgan fingerprint density at radius 1 is 1.09 bits per heavy atom. The zero-order chi connectivity index (χ0) is 14.8. The van der Waals surface area contributed by atoms with Gasteiger partial charge < -0.3 is 15.6 Å². The van der Waals surface area contributed by atoms with Gasteiger partial charge in [-0.2, -0.15) is 0 Å². The third-order valence-electron chi connectivity index (χ3n) is 4.31. The Balaban J connectivity index is 1.60. The van der Waals surface area contributed by atoms with Gasteiger partial charge in [0.15, 0.2) is 0 Å². The van der Waals surface area contributed by atoms with Crippen molar-refractivity contribution in [3.8, 4) is 0 Å². The molecule has 1 aliphatic heterocycles. The Labute approximate surface area is 130 Å². The molecule has 1 unspecified atom stereocenters. The van der Waals surface area contributed by atoms with Crippen LogP contribution in [0.1, 0.15) is 24.3 Å². The molecule has 0 saturated carbocycles. The van der Waals surface area contributed by atoms with E-state index in [-0.39, 0.29) is 0 Å². The van der Waals surface area contributed by atoms with Crippen LogP contribution in [-0.2, 0) is 0 Å². The van der Waals surface area contributed by atoms with E-state index < -0.39 is 0 Å². The summed E-state index contributed by atoms with van der Waals surface area (Å²) in [6, 6.07) is 16.7. The van der Waals surface area contributed by atoms with Gasteiger partial charge >= 0.3 is 0 Å². The van der Waals surface area contributed by atoms with Crippen LogP contribution in [0.15, 0.2) is 48.5 Å². The maximum atomic E-state index is 4.61.